The number of aromatic nitrogens is 1. The molecule has 1 saturated heterocycles. The van der Waals surface area contributed by atoms with Crippen LogP contribution in [0.3, 0.4) is 0 Å². The summed E-state index contributed by atoms with van der Waals surface area (Å²) in [6, 6.07) is 9.98. The molecular formula is C18H23N3O2. The third-order valence-electron chi connectivity index (χ3n) is 4.42. The average Bonchev–Trinajstić information content (AvgIpc) is 3.14. The van der Waals surface area contributed by atoms with Gasteiger partial charge in [0.25, 0.3) is 5.91 Å². The van der Waals surface area contributed by atoms with Crippen molar-refractivity contribution < 1.29 is 9.59 Å². The van der Waals surface area contributed by atoms with Crippen LogP contribution in [0.15, 0.2) is 30.3 Å². The summed E-state index contributed by atoms with van der Waals surface area (Å²) in [4.78, 5) is 25.9. The molecule has 1 aliphatic heterocycles. The first-order valence-corrected chi connectivity index (χ1v) is 8.35. The number of nitrogens with zero attached hydrogens (tertiary/aromatic N) is 2. The Hall–Kier alpha value is -2.30. The van der Waals surface area contributed by atoms with Gasteiger partial charge in [0.1, 0.15) is 5.69 Å². The number of rotatable bonds is 6. The minimum absolute atomic E-state index is 0.0456. The lowest BCUT2D eigenvalue weighted by Gasteiger charge is -2.15. The van der Waals surface area contributed by atoms with Crippen molar-refractivity contribution in [3.63, 3.8) is 0 Å². The molecule has 5 heteroatoms. The van der Waals surface area contributed by atoms with E-state index in [1.165, 1.54) is 0 Å². The molecule has 23 heavy (non-hydrogen) atoms. The molecule has 5 nitrogen and oxygen atoms in total. The van der Waals surface area contributed by atoms with Crippen LogP contribution in [-0.4, -0.2) is 40.9 Å². The highest BCUT2D eigenvalue weighted by Gasteiger charge is 2.19. The van der Waals surface area contributed by atoms with E-state index in [-0.39, 0.29) is 11.8 Å². The number of para-hydroxylation sites is 1. The highest BCUT2D eigenvalue weighted by atomic mass is 16.2. The van der Waals surface area contributed by atoms with E-state index in [9.17, 15) is 9.59 Å². The van der Waals surface area contributed by atoms with Crippen LogP contribution in [0.2, 0.25) is 0 Å². The molecule has 0 bridgehead atoms. The number of likely N-dealkylation sites (tertiary alicyclic amines) is 1. The van der Waals surface area contributed by atoms with E-state index in [0.29, 0.717) is 18.7 Å². The number of nitrogens with one attached hydrogen (secondary N) is 1. The van der Waals surface area contributed by atoms with E-state index in [1.807, 2.05) is 46.7 Å². The number of aryl methyl sites for hydroxylation is 1. The van der Waals surface area contributed by atoms with E-state index >= 15 is 0 Å². The molecule has 0 radical (unpaired) electrons. The minimum atomic E-state index is -0.0456. The molecule has 122 valence electrons. The van der Waals surface area contributed by atoms with Gasteiger partial charge in [-0.05, 0) is 31.9 Å². The largest absolute Gasteiger partial charge is 0.351 e. The van der Waals surface area contributed by atoms with Gasteiger partial charge in [-0.2, -0.15) is 0 Å². The molecule has 0 unspecified atom stereocenters. The highest BCUT2D eigenvalue weighted by Crippen LogP contribution is 2.19. The Labute approximate surface area is 136 Å². The van der Waals surface area contributed by atoms with E-state index in [0.717, 1.165) is 43.4 Å². The predicted octanol–water partition coefficient (Wildman–Crippen LogP) is 2.40. The predicted molar refractivity (Wildman–Crippen MR) is 90.4 cm³/mol. The molecule has 2 heterocycles. The van der Waals surface area contributed by atoms with Crippen LogP contribution in [0.25, 0.3) is 10.9 Å². The zero-order valence-corrected chi connectivity index (χ0v) is 13.5. The molecule has 1 aromatic carbocycles. The van der Waals surface area contributed by atoms with Crippen molar-refractivity contribution in [3.8, 4) is 0 Å². The Kier molecular flexibility index (Phi) is 4.65. The molecule has 0 saturated carbocycles. The second-order valence-corrected chi connectivity index (χ2v) is 5.93. The molecular weight excluding hydrogens is 290 g/mol. The summed E-state index contributed by atoms with van der Waals surface area (Å²) in [6.07, 6.45) is 2.43. The van der Waals surface area contributed by atoms with Crippen molar-refractivity contribution in [2.45, 2.75) is 32.7 Å². The van der Waals surface area contributed by atoms with E-state index < -0.39 is 0 Å². The zero-order valence-electron chi connectivity index (χ0n) is 13.5. The lowest BCUT2D eigenvalue weighted by Crippen LogP contribution is -2.31. The summed E-state index contributed by atoms with van der Waals surface area (Å²) in [6.45, 7) is 4.99. The van der Waals surface area contributed by atoms with Crippen LogP contribution in [0, 0.1) is 0 Å². The smallest absolute Gasteiger partial charge is 0.267 e. The zero-order chi connectivity index (χ0) is 16.2. The van der Waals surface area contributed by atoms with Crippen LogP contribution < -0.4 is 5.32 Å². The van der Waals surface area contributed by atoms with Crippen molar-refractivity contribution in [1.29, 1.82) is 0 Å². The molecule has 0 atom stereocenters. The van der Waals surface area contributed by atoms with E-state index in [2.05, 4.69) is 5.32 Å². The monoisotopic (exact) mass is 313 g/mol. The molecule has 1 N–H and O–H groups in total. The number of fused-ring (bicyclic) bond motifs is 1. The lowest BCUT2D eigenvalue weighted by atomic mass is 10.2. The Morgan fingerprint density at radius 2 is 2.13 bits per heavy atom. The molecule has 1 aliphatic rings. The summed E-state index contributed by atoms with van der Waals surface area (Å²) >= 11 is 0. The minimum Gasteiger partial charge on any atom is -0.351 e. The quantitative estimate of drug-likeness (QED) is 0.833. The molecule has 0 aliphatic carbocycles. The second-order valence-electron chi connectivity index (χ2n) is 5.93. The fourth-order valence-electron chi connectivity index (χ4n) is 3.24. The molecule has 2 aromatic rings. The van der Waals surface area contributed by atoms with Gasteiger partial charge < -0.3 is 14.8 Å². The van der Waals surface area contributed by atoms with Gasteiger partial charge in [-0.15, -0.1) is 0 Å². The van der Waals surface area contributed by atoms with Crippen LogP contribution in [-0.2, 0) is 11.3 Å². The molecule has 1 aromatic heterocycles. The topological polar surface area (TPSA) is 54.3 Å². The van der Waals surface area contributed by atoms with Gasteiger partial charge in [0.2, 0.25) is 5.91 Å². The van der Waals surface area contributed by atoms with Gasteiger partial charge in [0, 0.05) is 43.5 Å². The van der Waals surface area contributed by atoms with E-state index in [4.69, 9.17) is 0 Å². The van der Waals surface area contributed by atoms with E-state index in [1.54, 1.807) is 0 Å². The summed E-state index contributed by atoms with van der Waals surface area (Å²) < 4.78 is 2.04. The summed E-state index contributed by atoms with van der Waals surface area (Å²) in [7, 11) is 0. The van der Waals surface area contributed by atoms with Gasteiger partial charge in [-0.1, -0.05) is 18.2 Å². The molecule has 3 rings (SSSR count). The summed E-state index contributed by atoms with van der Waals surface area (Å²) in [5.41, 5.74) is 1.79. The standard InChI is InChI=1S/C18H23N3O2/c1-2-21-15-8-4-3-7-14(15)13-16(21)18(23)19-10-6-12-20-11-5-9-17(20)22/h3-4,7-8,13H,2,5-6,9-12H2,1H3,(H,19,23). The Morgan fingerprint density at radius 3 is 2.87 bits per heavy atom. The van der Waals surface area contributed by atoms with Crippen LogP contribution in [0.4, 0.5) is 0 Å². The fraction of sp³-hybridized carbons (Fsp3) is 0.444. The normalized spacial score (nSPS) is 14.7. The first kappa shape index (κ1) is 15.6. The maximum atomic E-state index is 12.4. The number of carbonyl (C=O) groups is 2. The Balaban J connectivity index is 1.59. The van der Waals surface area contributed by atoms with Crippen molar-refractivity contribution in [1.82, 2.24) is 14.8 Å². The average molecular weight is 313 g/mol. The number of carbonyl (C=O) groups excluding carboxylic acids is 2. The molecule has 1 fully saturated rings. The van der Waals surface area contributed by atoms with Crippen LogP contribution in [0.1, 0.15) is 36.7 Å². The van der Waals surface area contributed by atoms with Crippen LogP contribution in [0.5, 0.6) is 0 Å². The van der Waals surface area contributed by atoms with Crippen molar-refractivity contribution in [2.24, 2.45) is 0 Å². The van der Waals surface area contributed by atoms with Gasteiger partial charge >= 0.3 is 0 Å². The molecule has 2 amide bonds. The lowest BCUT2D eigenvalue weighted by molar-refractivity contribution is -0.127. The SMILES string of the molecule is CCn1c(C(=O)NCCCN2CCCC2=O)cc2ccccc21. The van der Waals surface area contributed by atoms with Crippen molar-refractivity contribution in [2.75, 3.05) is 19.6 Å². The van der Waals surface area contributed by atoms with Gasteiger partial charge in [-0.3, -0.25) is 9.59 Å². The van der Waals surface area contributed by atoms with Gasteiger partial charge in [0.15, 0.2) is 0 Å². The summed E-state index contributed by atoms with van der Waals surface area (Å²) in [5.74, 6) is 0.193. The number of benzene rings is 1. The summed E-state index contributed by atoms with van der Waals surface area (Å²) in [5, 5.41) is 4.06. The first-order chi connectivity index (χ1) is 11.2. The van der Waals surface area contributed by atoms with Crippen molar-refractivity contribution in [3.05, 3.63) is 36.0 Å². The van der Waals surface area contributed by atoms with Gasteiger partial charge in [0.05, 0.1) is 0 Å². The fourth-order valence-corrected chi connectivity index (χ4v) is 3.24. The highest BCUT2D eigenvalue weighted by molar-refractivity contribution is 5.98. The third-order valence-corrected chi connectivity index (χ3v) is 4.42. The number of hydrogen-bond acceptors (Lipinski definition) is 2. The number of amides is 2. The van der Waals surface area contributed by atoms with Crippen LogP contribution >= 0.6 is 0 Å². The van der Waals surface area contributed by atoms with Crippen molar-refractivity contribution >= 4 is 22.7 Å². The Bertz CT molecular complexity index is 720. The molecule has 0 spiro atoms. The second kappa shape index (κ2) is 6.86. The Morgan fingerprint density at radius 1 is 1.30 bits per heavy atom. The maximum Gasteiger partial charge on any atom is 0.267 e. The number of hydrogen-bond donors (Lipinski definition) is 1. The first-order valence-electron chi connectivity index (χ1n) is 8.35. The third kappa shape index (κ3) is 3.23. The maximum absolute atomic E-state index is 12.4. The van der Waals surface area contributed by atoms with Gasteiger partial charge in [-0.25, -0.2) is 0 Å².